The van der Waals surface area contributed by atoms with Crippen molar-refractivity contribution in [3.8, 4) is 5.75 Å². The minimum atomic E-state index is -3.82. The van der Waals surface area contributed by atoms with Gasteiger partial charge in [0, 0.05) is 25.2 Å². The highest BCUT2D eigenvalue weighted by molar-refractivity contribution is 7.89. The smallest absolute Gasteiger partial charge is 0.271 e. The molecule has 1 fully saturated rings. The molecule has 0 amide bonds. The third-order valence-corrected chi connectivity index (χ3v) is 5.96. The maximum atomic E-state index is 12.8. The molecule has 1 aromatic rings. The number of benzene rings is 1. The first-order valence-electron chi connectivity index (χ1n) is 7.37. The Bertz CT molecular complexity index is 669. The van der Waals surface area contributed by atoms with Gasteiger partial charge in [-0.15, -0.1) is 0 Å². The number of hydrogen-bond donors (Lipinski definition) is 1. The van der Waals surface area contributed by atoms with Gasteiger partial charge in [-0.25, -0.2) is 8.42 Å². The van der Waals surface area contributed by atoms with Gasteiger partial charge in [0.25, 0.3) is 5.69 Å². The molecule has 0 bridgehead atoms. The Morgan fingerprint density at radius 1 is 1.39 bits per heavy atom. The summed E-state index contributed by atoms with van der Waals surface area (Å²) in [7, 11) is -0.597. The van der Waals surface area contributed by atoms with Crippen LogP contribution in [0.1, 0.15) is 12.8 Å². The van der Waals surface area contributed by atoms with E-state index in [0.29, 0.717) is 19.0 Å². The number of nitro benzene ring substituents is 1. The number of piperidine rings is 1. The molecule has 1 aliphatic heterocycles. The predicted octanol–water partition coefficient (Wildman–Crippen LogP) is 1.22. The number of rotatable bonds is 6. The summed E-state index contributed by atoms with van der Waals surface area (Å²) < 4.78 is 32.1. The average molecular weight is 343 g/mol. The predicted molar refractivity (Wildman–Crippen MR) is 85.1 cm³/mol. The molecule has 1 aromatic carbocycles. The second-order valence-corrected chi connectivity index (χ2v) is 7.40. The molecule has 9 heteroatoms. The van der Waals surface area contributed by atoms with E-state index >= 15 is 0 Å². The van der Waals surface area contributed by atoms with Gasteiger partial charge in [-0.3, -0.25) is 10.1 Å². The van der Waals surface area contributed by atoms with E-state index in [1.165, 1.54) is 23.5 Å². The zero-order chi connectivity index (χ0) is 17.0. The molecular weight excluding hydrogens is 322 g/mol. The fourth-order valence-corrected chi connectivity index (χ4v) is 4.41. The first-order valence-corrected chi connectivity index (χ1v) is 8.81. The zero-order valence-corrected chi connectivity index (χ0v) is 14.0. The Morgan fingerprint density at radius 3 is 2.57 bits per heavy atom. The lowest BCUT2D eigenvalue weighted by molar-refractivity contribution is -0.385. The number of hydrogen-bond acceptors (Lipinski definition) is 6. The SMILES string of the molecule is CNCC1CCN(S(=O)(=O)c2cc([N+](=O)[O-])ccc2OC)CC1. The van der Waals surface area contributed by atoms with Gasteiger partial charge in [0.2, 0.25) is 10.0 Å². The van der Waals surface area contributed by atoms with Gasteiger partial charge in [0.15, 0.2) is 0 Å². The van der Waals surface area contributed by atoms with E-state index in [-0.39, 0.29) is 16.3 Å². The largest absolute Gasteiger partial charge is 0.495 e. The van der Waals surface area contributed by atoms with Crippen LogP contribution in [0.25, 0.3) is 0 Å². The zero-order valence-electron chi connectivity index (χ0n) is 13.2. The van der Waals surface area contributed by atoms with Crippen LogP contribution in [0.4, 0.5) is 5.69 Å². The van der Waals surface area contributed by atoms with E-state index in [9.17, 15) is 18.5 Å². The van der Waals surface area contributed by atoms with E-state index < -0.39 is 14.9 Å². The second kappa shape index (κ2) is 7.24. The molecule has 2 rings (SSSR count). The van der Waals surface area contributed by atoms with Crippen molar-refractivity contribution in [3.63, 3.8) is 0 Å². The minimum Gasteiger partial charge on any atom is -0.495 e. The van der Waals surface area contributed by atoms with Crippen LogP contribution in [0.15, 0.2) is 23.1 Å². The third-order valence-electron chi connectivity index (χ3n) is 4.04. The van der Waals surface area contributed by atoms with E-state index in [2.05, 4.69) is 5.32 Å². The molecule has 23 heavy (non-hydrogen) atoms. The van der Waals surface area contributed by atoms with Crippen molar-refractivity contribution in [2.24, 2.45) is 5.92 Å². The summed E-state index contributed by atoms with van der Waals surface area (Å²) in [6, 6.07) is 3.61. The maximum absolute atomic E-state index is 12.8. The quantitative estimate of drug-likeness (QED) is 0.615. The Kier molecular flexibility index (Phi) is 5.55. The molecule has 0 aliphatic carbocycles. The Balaban J connectivity index is 2.29. The molecule has 1 aliphatic rings. The molecule has 1 heterocycles. The van der Waals surface area contributed by atoms with Crippen molar-refractivity contribution in [2.45, 2.75) is 17.7 Å². The standard InChI is InChI=1S/C14H21N3O5S/c1-15-10-11-5-7-16(8-6-11)23(20,21)14-9-12(17(18)19)3-4-13(14)22-2/h3-4,9,11,15H,5-8,10H2,1-2H3. The normalized spacial score (nSPS) is 17.1. The minimum absolute atomic E-state index is 0.118. The molecule has 128 valence electrons. The molecule has 0 radical (unpaired) electrons. The topological polar surface area (TPSA) is 102 Å². The highest BCUT2D eigenvalue weighted by Gasteiger charge is 2.32. The summed E-state index contributed by atoms with van der Waals surface area (Å²) in [6.07, 6.45) is 1.52. The second-order valence-electron chi connectivity index (χ2n) is 5.50. The number of sulfonamides is 1. The van der Waals surface area contributed by atoms with Crippen LogP contribution < -0.4 is 10.1 Å². The molecule has 0 spiro atoms. The fraction of sp³-hybridized carbons (Fsp3) is 0.571. The first kappa shape index (κ1) is 17.6. The third kappa shape index (κ3) is 3.80. The first-order chi connectivity index (χ1) is 10.9. The van der Waals surface area contributed by atoms with Crippen LogP contribution in [0, 0.1) is 16.0 Å². The lowest BCUT2D eigenvalue weighted by Crippen LogP contribution is -2.40. The molecule has 0 saturated carbocycles. The number of ether oxygens (including phenoxy) is 1. The monoisotopic (exact) mass is 343 g/mol. The van der Waals surface area contributed by atoms with Crippen LogP contribution in [0.2, 0.25) is 0 Å². The van der Waals surface area contributed by atoms with Gasteiger partial charge in [-0.1, -0.05) is 0 Å². The lowest BCUT2D eigenvalue weighted by atomic mass is 9.98. The summed E-state index contributed by atoms with van der Waals surface area (Å²) >= 11 is 0. The van der Waals surface area contributed by atoms with Crippen molar-refractivity contribution in [2.75, 3.05) is 33.8 Å². The van der Waals surface area contributed by atoms with Gasteiger partial charge in [-0.2, -0.15) is 4.31 Å². The Hall–Kier alpha value is -1.71. The molecule has 0 aromatic heterocycles. The molecule has 0 atom stereocenters. The van der Waals surface area contributed by atoms with E-state index in [4.69, 9.17) is 4.74 Å². The number of nitro groups is 1. The van der Waals surface area contributed by atoms with Crippen LogP contribution >= 0.6 is 0 Å². The number of nitrogens with one attached hydrogen (secondary N) is 1. The highest BCUT2D eigenvalue weighted by Crippen LogP contribution is 2.32. The van der Waals surface area contributed by atoms with Gasteiger partial charge in [0.05, 0.1) is 12.0 Å². The Morgan fingerprint density at radius 2 is 2.04 bits per heavy atom. The van der Waals surface area contributed by atoms with Gasteiger partial charge in [-0.05, 0) is 38.4 Å². The van der Waals surface area contributed by atoms with Crippen molar-refractivity contribution < 1.29 is 18.1 Å². The molecule has 1 saturated heterocycles. The number of non-ortho nitro benzene ring substituents is 1. The van der Waals surface area contributed by atoms with Crippen LogP contribution in [0.3, 0.4) is 0 Å². The van der Waals surface area contributed by atoms with Crippen molar-refractivity contribution in [3.05, 3.63) is 28.3 Å². The van der Waals surface area contributed by atoms with E-state index in [1.54, 1.807) is 0 Å². The summed E-state index contributed by atoms with van der Waals surface area (Å²) in [5.74, 6) is 0.561. The van der Waals surface area contributed by atoms with Gasteiger partial charge >= 0.3 is 0 Å². The Labute approximate surface area is 135 Å². The fourth-order valence-electron chi connectivity index (χ4n) is 2.76. The molecule has 8 nitrogen and oxygen atoms in total. The van der Waals surface area contributed by atoms with E-state index in [0.717, 1.165) is 25.5 Å². The van der Waals surface area contributed by atoms with Crippen LogP contribution in [-0.2, 0) is 10.0 Å². The summed E-state index contributed by atoms with van der Waals surface area (Å²) in [4.78, 5) is 10.2. The maximum Gasteiger partial charge on any atom is 0.271 e. The molecule has 1 N–H and O–H groups in total. The van der Waals surface area contributed by atoms with Gasteiger partial charge < -0.3 is 10.1 Å². The van der Waals surface area contributed by atoms with Crippen LogP contribution in [-0.4, -0.2) is 51.4 Å². The average Bonchev–Trinajstić information content (AvgIpc) is 2.55. The summed E-state index contributed by atoms with van der Waals surface area (Å²) in [5.41, 5.74) is -0.269. The summed E-state index contributed by atoms with van der Waals surface area (Å²) in [6.45, 7) is 1.66. The highest BCUT2D eigenvalue weighted by atomic mass is 32.2. The summed E-state index contributed by atoms with van der Waals surface area (Å²) in [5, 5.41) is 14.0. The van der Waals surface area contributed by atoms with E-state index in [1.807, 2.05) is 7.05 Å². The van der Waals surface area contributed by atoms with Crippen LogP contribution in [0.5, 0.6) is 5.75 Å². The number of nitrogens with zero attached hydrogens (tertiary/aromatic N) is 2. The lowest BCUT2D eigenvalue weighted by Gasteiger charge is -2.31. The van der Waals surface area contributed by atoms with Crippen molar-refractivity contribution in [1.82, 2.24) is 9.62 Å². The molecular formula is C14H21N3O5S. The van der Waals surface area contributed by atoms with Crippen molar-refractivity contribution in [1.29, 1.82) is 0 Å². The van der Waals surface area contributed by atoms with Crippen molar-refractivity contribution >= 4 is 15.7 Å². The number of methoxy groups -OCH3 is 1. The van der Waals surface area contributed by atoms with Gasteiger partial charge in [0.1, 0.15) is 10.6 Å². The molecule has 0 unspecified atom stereocenters.